The van der Waals surface area contributed by atoms with E-state index in [1.165, 1.54) is 77.0 Å². The maximum Gasteiger partial charge on any atom is 0.00326 e. The third kappa shape index (κ3) is 3.57. The zero-order valence-corrected chi connectivity index (χ0v) is 14.6. The van der Waals surface area contributed by atoms with Gasteiger partial charge in [-0.25, -0.2) is 0 Å². The van der Waals surface area contributed by atoms with Crippen LogP contribution in [0.3, 0.4) is 0 Å². The van der Waals surface area contributed by atoms with Gasteiger partial charge in [0.15, 0.2) is 0 Å². The smallest absolute Gasteiger partial charge is 0.00326 e. The van der Waals surface area contributed by atoms with E-state index in [1.54, 1.807) is 16.7 Å². The van der Waals surface area contributed by atoms with E-state index >= 15 is 0 Å². The van der Waals surface area contributed by atoms with Crippen molar-refractivity contribution in [2.45, 2.75) is 83.0 Å². The summed E-state index contributed by atoms with van der Waals surface area (Å²) >= 11 is 0. The van der Waals surface area contributed by atoms with Gasteiger partial charge in [-0.05, 0) is 41.4 Å². The summed E-state index contributed by atoms with van der Waals surface area (Å²) in [5, 5.41) is 0. The van der Waals surface area contributed by atoms with Crippen LogP contribution >= 0.6 is 0 Å². The van der Waals surface area contributed by atoms with Crippen LogP contribution in [0.5, 0.6) is 0 Å². The van der Waals surface area contributed by atoms with Crippen LogP contribution in [0.2, 0.25) is 0 Å². The minimum absolute atomic E-state index is 0.716. The summed E-state index contributed by atoms with van der Waals surface area (Å²) in [5.41, 5.74) is 4.93. The number of hydrogen-bond acceptors (Lipinski definition) is 0. The molecule has 0 nitrogen and oxygen atoms in total. The van der Waals surface area contributed by atoms with Crippen LogP contribution in [0, 0.1) is 11.8 Å². The Kier molecular flexibility index (Phi) is 4.88. The summed E-state index contributed by atoms with van der Waals surface area (Å²) in [6.07, 6.45) is 20.1. The zero-order chi connectivity index (χ0) is 15.5. The maximum atomic E-state index is 2.67. The normalized spacial score (nSPS) is 26.1. The van der Waals surface area contributed by atoms with E-state index in [1.807, 2.05) is 0 Å². The van der Waals surface area contributed by atoms with Crippen molar-refractivity contribution in [2.75, 3.05) is 0 Å². The maximum absolute atomic E-state index is 2.67. The van der Waals surface area contributed by atoms with Gasteiger partial charge in [0.2, 0.25) is 0 Å². The van der Waals surface area contributed by atoms with Gasteiger partial charge in [-0.2, -0.15) is 0 Å². The lowest BCUT2D eigenvalue weighted by Crippen LogP contribution is -2.09. The molecule has 23 heavy (non-hydrogen) atoms. The predicted molar refractivity (Wildman–Crippen MR) is 99.5 cm³/mol. The Hall–Kier alpha value is -1.04. The van der Waals surface area contributed by atoms with Gasteiger partial charge in [0.05, 0.1) is 0 Å². The Morgan fingerprint density at radius 3 is 2.13 bits per heavy atom. The molecule has 1 aromatic carbocycles. The van der Waals surface area contributed by atoms with Gasteiger partial charge in [0.25, 0.3) is 0 Å². The van der Waals surface area contributed by atoms with Crippen molar-refractivity contribution in [1.29, 1.82) is 0 Å². The van der Waals surface area contributed by atoms with Crippen molar-refractivity contribution in [3.05, 3.63) is 41.5 Å². The van der Waals surface area contributed by atoms with E-state index in [0.717, 1.165) is 11.8 Å². The lowest BCUT2D eigenvalue weighted by atomic mass is 9.81. The largest absolute Gasteiger partial charge is 0.0731 e. The Balaban J connectivity index is 1.49. The summed E-state index contributed by atoms with van der Waals surface area (Å²) < 4.78 is 0. The second kappa shape index (κ2) is 7.24. The molecule has 1 unspecified atom stereocenters. The molecule has 2 saturated carbocycles. The summed E-state index contributed by atoms with van der Waals surface area (Å²) in [4.78, 5) is 0. The minimum atomic E-state index is 0.716. The second-order valence-corrected chi connectivity index (χ2v) is 8.33. The minimum Gasteiger partial charge on any atom is -0.0731 e. The van der Waals surface area contributed by atoms with Gasteiger partial charge >= 0.3 is 0 Å². The highest BCUT2D eigenvalue weighted by Gasteiger charge is 2.27. The average Bonchev–Trinajstić information content (AvgIpc) is 2.95. The van der Waals surface area contributed by atoms with Crippen LogP contribution in [-0.2, 0) is 0 Å². The molecule has 0 radical (unpaired) electrons. The molecule has 0 saturated heterocycles. The molecule has 0 aromatic heterocycles. The van der Waals surface area contributed by atoms with Crippen molar-refractivity contribution < 1.29 is 0 Å². The van der Waals surface area contributed by atoms with Crippen LogP contribution in [0.4, 0.5) is 0 Å². The predicted octanol–water partition coefficient (Wildman–Crippen LogP) is 7.11. The average molecular weight is 309 g/mol. The van der Waals surface area contributed by atoms with E-state index in [2.05, 4.69) is 30.3 Å². The Morgan fingerprint density at radius 1 is 0.739 bits per heavy atom. The molecular formula is C23H32. The first kappa shape index (κ1) is 15.5. The van der Waals surface area contributed by atoms with Crippen LogP contribution in [-0.4, -0.2) is 0 Å². The topological polar surface area (TPSA) is 0 Å². The molecule has 0 bridgehead atoms. The van der Waals surface area contributed by atoms with Gasteiger partial charge in [-0.3, -0.25) is 0 Å². The molecule has 4 rings (SSSR count). The van der Waals surface area contributed by atoms with Crippen LogP contribution in [0.1, 0.15) is 94.1 Å². The fourth-order valence-corrected chi connectivity index (χ4v) is 5.39. The molecule has 3 aliphatic carbocycles. The molecule has 1 atom stereocenters. The molecular weight excluding hydrogens is 276 g/mol. The molecule has 1 aromatic rings. The van der Waals surface area contributed by atoms with Crippen molar-refractivity contribution >= 4 is 5.57 Å². The lowest BCUT2D eigenvalue weighted by molar-refractivity contribution is 0.330. The van der Waals surface area contributed by atoms with Gasteiger partial charge in [-0.15, -0.1) is 0 Å². The number of rotatable bonds is 4. The molecule has 3 aliphatic rings. The third-order valence-electron chi connectivity index (χ3n) is 6.65. The molecule has 124 valence electrons. The number of fused-ring (bicyclic) bond motifs is 1. The highest BCUT2D eigenvalue weighted by Crippen LogP contribution is 2.45. The molecule has 0 heteroatoms. The first-order chi connectivity index (χ1) is 11.4. The van der Waals surface area contributed by atoms with Crippen molar-refractivity contribution in [2.24, 2.45) is 11.8 Å². The molecule has 0 N–H and O–H groups in total. The summed E-state index contributed by atoms with van der Waals surface area (Å²) in [7, 11) is 0. The highest BCUT2D eigenvalue weighted by atomic mass is 14.3. The van der Waals surface area contributed by atoms with E-state index in [0.29, 0.717) is 5.92 Å². The first-order valence-corrected chi connectivity index (χ1v) is 10.2. The summed E-state index contributed by atoms with van der Waals surface area (Å²) in [6, 6.07) is 9.30. The Morgan fingerprint density at radius 2 is 1.39 bits per heavy atom. The van der Waals surface area contributed by atoms with E-state index in [4.69, 9.17) is 0 Å². The summed E-state index contributed by atoms with van der Waals surface area (Å²) in [6.45, 7) is 0. The van der Waals surface area contributed by atoms with Crippen molar-refractivity contribution in [3.63, 3.8) is 0 Å². The van der Waals surface area contributed by atoms with E-state index < -0.39 is 0 Å². The monoisotopic (exact) mass is 308 g/mol. The number of benzene rings is 1. The van der Waals surface area contributed by atoms with E-state index in [9.17, 15) is 0 Å². The van der Waals surface area contributed by atoms with Crippen molar-refractivity contribution in [1.82, 2.24) is 0 Å². The molecule has 0 heterocycles. The Bertz CT molecular complexity index is 541. The first-order valence-electron chi connectivity index (χ1n) is 10.2. The zero-order valence-electron chi connectivity index (χ0n) is 14.6. The molecule has 2 fully saturated rings. The van der Waals surface area contributed by atoms with Crippen LogP contribution in [0.15, 0.2) is 30.3 Å². The number of allylic oxidation sites excluding steroid dienone is 2. The summed E-state index contributed by atoms with van der Waals surface area (Å²) in [5.74, 6) is 2.65. The second-order valence-electron chi connectivity index (χ2n) is 8.33. The quantitative estimate of drug-likeness (QED) is 0.556. The van der Waals surface area contributed by atoms with Gasteiger partial charge in [0.1, 0.15) is 0 Å². The van der Waals surface area contributed by atoms with Gasteiger partial charge in [-0.1, -0.05) is 94.5 Å². The lowest BCUT2D eigenvalue weighted by Gasteiger charge is -2.24. The number of hydrogen-bond donors (Lipinski definition) is 0. The molecule has 0 amide bonds. The van der Waals surface area contributed by atoms with Gasteiger partial charge in [0, 0.05) is 5.92 Å². The third-order valence-corrected chi connectivity index (χ3v) is 6.65. The van der Waals surface area contributed by atoms with Gasteiger partial charge < -0.3 is 0 Å². The SMILES string of the molecule is C1=C(CC2CCCCC2)c2ccccc2C1CC1CCCCC1. The fourth-order valence-electron chi connectivity index (χ4n) is 5.39. The Labute approximate surface area is 142 Å². The highest BCUT2D eigenvalue weighted by molar-refractivity contribution is 5.74. The molecule has 0 spiro atoms. The van der Waals surface area contributed by atoms with Crippen LogP contribution < -0.4 is 0 Å². The fraction of sp³-hybridized carbons (Fsp3) is 0.652. The van der Waals surface area contributed by atoms with Crippen molar-refractivity contribution in [3.8, 4) is 0 Å². The molecule has 0 aliphatic heterocycles. The standard InChI is InChI=1S/C23H32/c1-3-9-18(10-4-1)15-20-17-21(16-19-11-5-2-6-12-19)23-14-8-7-13-22(20)23/h7-8,13-14,17-20H,1-6,9-12,15-16H2. The van der Waals surface area contributed by atoms with E-state index in [-0.39, 0.29) is 0 Å². The van der Waals surface area contributed by atoms with Crippen LogP contribution in [0.25, 0.3) is 5.57 Å².